The number of likely N-dealkylation sites (tertiary alicyclic amines) is 1. The number of aromatic nitrogens is 1. The van der Waals surface area contributed by atoms with E-state index in [1.165, 1.54) is 25.1 Å². The lowest BCUT2D eigenvalue weighted by Gasteiger charge is -2.41. The summed E-state index contributed by atoms with van der Waals surface area (Å²) in [6, 6.07) is 7.09. The molecule has 1 fully saturated rings. The smallest absolute Gasteiger partial charge is 0.303 e. The van der Waals surface area contributed by atoms with Crippen LogP contribution in [0.2, 0.25) is 0 Å². The number of benzene rings is 2. The number of pyridine rings is 1. The highest BCUT2D eigenvalue weighted by Gasteiger charge is 2.37. The quantitative estimate of drug-likeness (QED) is 0.148. The van der Waals surface area contributed by atoms with Crippen LogP contribution in [0.15, 0.2) is 41.4 Å². The Morgan fingerprint density at radius 2 is 1.88 bits per heavy atom. The van der Waals surface area contributed by atoms with E-state index >= 15 is 4.39 Å². The van der Waals surface area contributed by atoms with Crippen LogP contribution in [0.3, 0.4) is 0 Å². The summed E-state index contributed by atoms with van der Waals surface area (Å²) in [5, 5.41) is 20.1. The SMILES string of the molecule is COc1ccc2ncc(CO)c(C(F)CCC3(CC(=O)O)CCN(CCSc4cc(F)c(F)c(F)c4)CC3)c2c1. The number of aliphatic carboxylic acids is 1. The molecule has 0 radical (unpaired) electrons. The van der Waals surface area contributed by atoms with Crippen molar-refractivity contribution >= 4 is 28.6 Å². The molecule has 1 atom stereocenters. The number of hydrogen-bond donors (Lipinski definition) is 2. The summed E-state index contributed by atoms with van der Waals surface area (Å²) in [6.07, 6.45) is 1.53. The molecule has 4 rings (SSSR count). The Bertz CT molecular complexity index is 1320. The average molecular weight is 581 g/mol. The molecule has 1 aromatic heterocycles. The van der Waals surface area contributed by atoms with Gasteiger partial charge >= 0.3 is 5.97 Å². The van der Waals surface area contributed by atoms with E-state index in [2.05, 4.69) is 9.88 Å². The number of carbonyl (C=O) groups is 1. The van der Waals surface area contributed by atoms with Crippen molar-refractivity contribution in [2.75, 3.05) is 32.5 Å². The molecule has 2 N–H and O–H groups in total. The lowest BCUT2D eigenvalue weighted by Crippen LogP contribution is -2.42. The minimum atomic E-state index is -1.49. The van der Waals surface area contributed by atoms with Crippen molar-refractivity contribution in [1.29, 1.82) is 0 Å². The Morgan fingerprint density at radius 1 is 1.18 bits per heavy atom. The van der Waals surface area contributed by atoms with E-state index in [-0.39, 0.29) is 19.4 Å². The predicted octanol–water partition coefficient (Wildman–Crippen LogP) is 6.29. The Balaban J connectivity index is 1.40. The number of rotatable bonds is 12. The monoisotopic (exact) mass is 580 g/mol. The number of ether oxygens (including phenoxy) is 1. The third kappa shape index (κ3) is 7.05. The van der Waals surface area contributed by atoms with Crippen LogP contribution in [0.4, 0.5) is 17.6 Å². The third-order valence-corrected chi connectivity index (χ3v) is 8.64. The highest BCUT2D eigenvalue weighted by molar-refractivity contribution is 7.99. The zero-order chi connectivity index (χ0) is 28.9. The van der Waals surface area contributed by atoms with Crippen LogP contribution in [0.1, 0.15) is 49.4 Å². The van der Waals surface area contributed by atoms with Gasteiger partial charge in [0, 0.05) is 39.9 Å². The van der Waals surface area contributed by atoms with Gasteiger partial charge in [0.05, 0.1) is 25.7 Å². The van der Waals surface area contributed by atoms with Crippen molar-refractivity contribution in [2.24, 2.45) is 5.41 Å². The van der Waals surface area contributed by atoms with Crippen LogP contribution < -0.4 is 4.74 Å². The van der Waals surface area contributed by atoms with Crippen LogP contribution in [0, 0.1) is 22.9 Å². The summed E-state index contributed by atoms with van der Waals surface area (Å²) in [5.41, 5.74) is 0.727. The van der Waals surface area contributed by atoms with Gasteiger partial charge in [0.1, 0.15) is 11.9 Å². The molecule has 6 nitrogen and oxygen atoms in total. The number of halogens is 4. The Labute approximate surface area is 234 Å². The molecular weight excluding hydrogens is 548 g/mol. The second-order valence-corrected chi connectivity index (χ2v) is 11.4. The number of alkyl halides is 1. The summed E-state index contributed by atoms with van der Waals surface area (Å²) in [4.78, 5) is 18.5. The predicted molar refractivity (Wildman–Crippen MR) is 145 cm³/mol. The van der Waals surface area contributed by atoms with Crippen LogP contribution >= 0.6 is 11.8 Å². The number of fused-ring (bicyclic) bond motifs is 1. The van der Waals surface area contributed by atoms with Gasteiger partial charge in [0.25, 0.3) is 0 Å². The van der Waals surface area contributed by atoms with Crippen molar-refractivity contribution in [3.8, 4) is 5.75 Å². The van der Waals surface area contributed by atoms with Crippen molar-refractivity contribution in [3.05, 3.63) is 65.1 Å². The first kappa shape index (κ1) is 30.1. The number of aliphatic hydroxyl groups excluding tert-OH is 1. The average Bonchev–Trinajstić information content (AvgIpc) is 2.94. The molecule has 3 aromatic rings. The van der Waals surface area contributed by atoms with Crippen molar-refractivity contribution in [3.63, 3.8) is 0 Å². The zero-order valence-electron chi connectivity index (χ0n) is 22.1. The Kier molecular flexibility index (Phi) is 9.91. The van der Waals surface area contributed by atoms with Gasteiger partial charge in [-0.05, 0) is 74.5 Å². The first-order valence-electron chi connectivity index (χ1n) is 13.1. The van der Waals surface area contributed by atoms with E-state index in [0.717, 1.165) is 12.1 Å². The fourth-order valence-corrected chi connectivity index (χ4v) is 6.39. The van der Waals surface area contributed by atoms with Gasteiger partial charge < -0.3 is 19.8 Å². The van der Waals surface area contributed by atoms with E-state index in [9.17, 15) is 28.2 Å². The first-order valence-corrected chi connectivity index (χ1v) is 14.1. The largest absolute Gasteiger partial charge is 0.497 e. The zero-order valence-corrected chi connectivity index (χ0v) is 23.0. The van der Waals surface area contributed by atoms with E-state index in [1.807, 2.05) is 0 Å². The van der Waals surface area contributed by atoms with E-state index < -0.39 is 35.0 Å². The summed E-state index contributed by atoms with van der Waals surface area (Å²) in [6.45, 7) is 1.44. The Hall–Kier alpha value is -2.89. The molecule has 216 valence electrons. The maximum Gasteiger partial charge on any atom is 0.303 e. The van der Waals surface area contributed by atoms with Gasteiger partial charge in [-0.2, -0.15) is 0 Å². The van der Waals surface area contributed by atoms with Gasteiger partial charge in [-0.15, -0.1) is 11.8 Å². The third-order valence-electron chi connectivity index (χ3n) is 7.69. The van der Waals surface area contributed by atoms with Crippen LogP contribution in [0.25, 0.3) is 10.9 Å². The standard InChI is InChI=1S/C29H32F4N2O4S/c1-39-19-2-3-25-21(12-19)27(18(17-36)16-34-25)22(30)4-5-29(15-26(37)38)6-8-35(9-7-29)10-11-40-20-13-23(31)28(33)24(32)14-20/h2-3,12-14,16,22,36H,4-11,15,17H2,1H3,(H,37,38). The van der Waals surface area contributed by atoms with Crippen LogP contribution in [0.5, 0.6) is 5.75 Å². The summed E-state index contributed by atoms with van der Waals surface area (Å²) in [7, 11) is 1.51. The van der Waals surface area contributed by atoms with Crippen molar-refractivity contribution in [2.45, 2.75) is 49.8 Å². The first-order chi connectivity index (χ1) is 19.1. The molecule has 40 heavy (non-hydrogen) atoms. The molecule has 11 heteroatoms. The van der Waals surface area contributed by atoms with Gasteiger partial charge in [-0.3, -0.25) is 9.78 Å². The molecular formula is C29H32F4N2O4S. The number of aliphatic hydroxyl groups is 1. The minimum Gasteiger partial charge on any atom is -0.497 e. The number of methoxy groups -OCH3 is 1. The van der Waals surface area contributed by atoms with Gasteiger partial charge in [-0.1, -0.05) is 0 Å². The highest BCUT2D eigenvalue weighted by atomic mass is 32.2. The second-order valence-electron chi connectivity index (χ2n) is 10.2. The number of piperidine rings is 1. The minimum absolute atomic E-state index is 0.0752. The molecule has 0 amide bonds. The molecule has 1 aliphatic rings. The molecule has 1 unspecified atom stereocenters. The van der Waals surface area contributed by atoms with E-state index in [1.54, 1.807) is 18.2 Å². The fourth-order valence-electron chi connectivity index (χ4n) is 5.43. The maximum absolute atomic E-state index is 15.9. The van der Waals surface area contributed by atoms with Gasteiger partial charge in [0.15, 0.2) is 17.5 Å². The number of thioether (sulfide) groups is 1. The summed E-state index contributed by atoms with van der Waals surface area (Å²) < 4.78 is 61.3. The van der Waals surface area contributed by atoms with E-state index in [4.69, 9.17) is 4.74 Å². The molecule has 0 bridgehead atoms. The van der Waals surface area contributed by atoms with Crippen LogP contribution in [-0.2, 0) is 11.4 Å². The van der Waals surface area contributed by atoms with Gasteiger partial charge in [-0.25, -0.2) is 17.6 Å². The molecule has 2 aromatic carbocycles. The van der Waals surface area contributed by atoms with Crippen LogP contribution in [-0.4, -0.2) is 58.6 Å². The summed E-state index contributed by atoms with van der Waals surface area (Å²) in [5.74, 6) is -3.82. The number of carboxylic acid groups (broad SMARTS) is 1. The second kappa shape index (κ2) is 13.2. The van der Waals surface area contributed by atoms with Gasteiger partial charge in [0.2, 0.25) is 0 Å². The fraction of sp³-hybridized carbons (Fsp3) is 0.448. The lowest BCUT2D eigenvalue weighted by molar-refractivity contribution is -0.141. The summed E-state index contributed by atoms with van der Waals surface area (Å²) >= 11 is 1.21. The van der Waals surface area contributed by atoms with Crippen molar-refractivity contribution in [1.82, 2.24) is 9.88 Å². The number of carboxylic acids is 1. The molecule has 0 spiro atoms. The normalized spacial score (nSPS) is 16.2. The number of nitrogens with zero attached hydrogens (tertiary/aromatic N) is 2. The lowest BCUT2D eigenvalue weighted by atomic mass is 9.71. The number of hydrogen-bond acceptors (Lipinski definition) is 6. The Morgan fingerprint density at radius 3 is 2.50 bits per heavy atom. The van der Waals surface area contributed by atoms with E-state index in [0.29, 0.717) is 77.3 Å². The van der Waals surface area contributed by atoms with Crippen molar-refractivity contribution < 1.29 is 37.3 Å². The molecule has 1 aliphatic heterocycles. The highest BCUT2D eigenvalue weighted by Crippen LogP contribution is 2.43. The molecule has 2 heterocycles. The molecule has 0 aliphatic carbocycles. The molecule has 1 saturated heterocycles. The molecule has 0 saturated carbocycles. The maximum atomic E-state index is 15.9. The topological polar surface area (TPSA) is 82.9 Å².